The van der Waals surface area contributed by atoms with E-state index in [4.69, 9.17) is 21.1 Å². The number of carboxylic acids is 1. The van der Waals surface area contributed by atoms with E-state index in [2.05, 4.69) is 4.98 Å². The Morgan fingerprint density at radius 2 is 2.11 bits per heavy atom. The summed E-state index contributed by atoms with van der Waals surface area (Å²) in [6.45, 7) is 0. The topological polar surface area (TPSA) is 63.3 Å². The number of nitrogens with zero attached hydrogens (tertiary/aromatic N) is 1. The van der Waals surface area contributed by atoms with Gasteiger partial charge in [0, 0.05) is 17.0 Å². The van der Waals surface area contributed by atoms with E-state index in [1.807, 2.05) is 12.1 Å². The Labute approximate surface area is 115 Å². The van der Waals surface area contributed by atoms with Crippen molar-refractivity contribution < 1.29 is 14.3 Å². The summed E-state index contributed by atoms with van der Waals surface area (Å²) in [5, 5.41) is 9.70. The number of halogens is 1. The van der Waals surface area contributed by atoms with Gasteiger partial charge in [0.2, 0.25) is 5.89 Å². The molecule has 2 aromatic rings. The summed E-state index contributed by atoms with van der Waals surface area (Å²) in [5.74, 6) is 0.102. The molecule has 0 saturated carbocycles. The van der Waals surface area contributed by atoms with Gasteiger partial charge in [0.05, 0.1) is 11.6 Å². The summed E-state index contributed by atoms with van der Waals surface area (Å²) in [6, 6.07) is 7.24. The van der Waals surface area contributed by atoms with Gasteiger partial charge in [-0.05, 0) is 37.1 Å². The number of hydrogen-bond donors (Lipinski definition) is 1. The molecule has 1 unspecified atom stereocenters. The highest BCUT2D eigenvalue weighted by Gasteiger charge is 2.28. The monoisotopic (exact) mass is 277 g/mol. The van der Waals surface area contributed by atoms with Crippen molar-refractivity contribution in [2.45, 2.75) is 19.3 Å². The van der Waals surface area contributed by atoms with Crippen molar-refractivity contribution in [1.82, 2.24) is 4.98 Å². The third-order valence-corrected chi connectivity index (χ3v) is 3.63. The molecule has 1 aromatic heterocycles. The van der Waals surface area contributed by atoms with Crippen molar-refractivity contribution in [2.24, 2.45) is 5.92 Å². The molecule has 4 nitrogen and oxygen atoms in total. The van der Waals surface area contributed by atoms with E-state index in [-0.39, 0.29) is 5.92 Å². The van der Waals surface area contributed by atoms with E-state index < -0.39 is 5.97 Å². The third-order valence-electron chi connectivity index (χ3n) is 3.38. The van der Waals surface area contributed by atoms with Crippen LogP contribution in [0.3, 0.4) is 0 Å². The summed E-state index contributed by atoms with van der Waals surface area (Å²) >= 11 is 5.84. The van der Waals surface area contributed by atoms with Crippen LogP contribution in [0.5, 0.6) is 0 Å². The number of carbonyl (C=O) groups is 1. The fourth-order valence-corrected chi connectivity index (χ4v) is 2.43. The number of oxazole rings is 1. The highest BCUT2D eigenvalue weighted by Crippen LogP contribution is 2.30. The second-order valence-corrected chi connectivity index (χ2v) is 5.11. The Morgan fingerprint density at radius 3 is 2.79 bits per heavy atom. The lowest BCUT2D eigenvalue weighted by atomic mass is 9.91. The number of hydrogen-bond acceptors (Lipinski definition) is 3. The molecule has 0 radical (unpaired) electrons. The van der Waals surface area contributed by atoms with E-state index >= 15 is 0 Å². The number of fused-ring (bicyclic) bond motifs is 1. The highest BCUT2D eigenvalue weighted by molar-refractivity contribution is 6.30. The average molecular weight is 278 g/mol. The van der Waals surface area contributed by atoms with Crippen LogP contribution >= 0.6 is 11.6 Å². The summed E-state index contributed by atoms with van der Waals surface area (Å²) in [6.07, 6.45) is 1.70. The van der Waals surface area contributed by atoms with Gasteiger partial charge in [0.15, 0.2) is 0 Å². The minimum atomic E-state index is -0.768. The van der Waals surface area contributed by atoms with Crippen LogP contribution in [0.15, 0.2) is 28.7 Å². The van der Waals surface area contributed by atoms with Crippen LogP contribution < -0.4 is 0 Å². The number of carboxylic acid groups (broad SMARTS) is 1. The maximum atomic E-state index is 11.0. The van der Waals surface area contributed by atoms with Crippen molar-refractivity contribution in [3.8, 4) is 11.5 Å². The summed E-state index contributed by atoms with van der Waals surface area (Å²) in [7, 11) is 0. The smallest absolute Gasteiger partial charge is 0.306 e. The van der Waals surface area contributed by atoms with Crippen LogP contribution in [0.25, 0.3) is 11.5 Å². The molecular formula is C14H12ClNO3. The largest absolute Gasteiger partial charge is 0.481 e. The van der Waals surface area contributed by atoms with Crippen molar-refractivity contribution in [3.63, 3.8) is 0 Å². The van der Waals surface area contributed by atoms with Gasteiger partial charge < -0.3 is 9.52 Å². The Bertz CT molecular complexity index is 618. The van der Waals surface area contributed by atoms with Crippen LogP contribution in [0.4, 0.5) is 0 Å². The molecule has 1 atom stereocenters. The summed E-state index contributed by atoms with van der Waals surface area (Å²) < 4.78 is 5.69. The van der Waals surface area contributed by atoms with Gasteiger partial charge in [-0.15, -0.1) is 0 Å². The first-order valence-corrected chi connectivity index (χ1v) is 6.48. The van der Waals surface area contributed by atoms with Gasteiger partial charge in [0.25, 0.3) is 0 Å². The fourth-order valence-electron chi connectivity index (χ4n) is 2.30. The normalized spacial score (nSPS) is 18.1. The van der Waals surface area contributed by atoms with Crippen molar-refractivity contribution >= 4 is 17.6 Å². The van der Waals surface area contributed by atoms with Gasteiger partial charge in [0.1, 0.15) is 5.76 Å². The molecule has 3 rings (SSSR count). The summed E-state index contributed by atoms with van der Waals surface area (Å²) in [4.78, 5) is 15.4. The van der Waals surface area contributed by atoms with Crippen LogP contribution in [0, 0.1) is 5.92 Å². The maximum absolute atomic E-state index is 11.0. The lowest BCUT2D eigenvalue weighted by Gasteiger charge is -2.15. The Balaban J connectivity index is 1.91. The molecule has 1 aliphatic rings. The second-order valence-electron chi connectivity index (χ2n) is 4.67. The summed E-state index contributed by atoms with van der Waals surface area (Å²) in [5.41, 5.74) is 1.73. The van der Waals surface area contributed by atoms with E-state index in [0.29, 0.717) is 35.9 Å². The first kappa shape index (κ1) is 12.2. The molecule has 5 heteroatoms. The van der Waals surface area contributed by atoms with E-state index in [1.165, 1.54) is 0 Å². The molecule has 0 fully saturated rings. The van der Waals surface area contributed by atoms with E-state index in [9.17, 15) is 4.79 Å². The lowest BCUT2D eigenvalue weighted by molar-refractivity contribution is -0.142. The second kappa shape index (κ2) is 4.70. The van der Waals surface area contributed by atoms with Crippen LogP contribution in [0.1, 0.15) is 17.9 Å². The Kier molecular flexibility index (Phi) is 3.03. The molecule has 98 valence electrons. The number of rotatable bonds is 2. The zero-order chi connectivity index (χ0) is 13.4. The number of aliphatic carboxylic acids is 1. The standard InChI is InChI=1S/C14H12ClNO3/c15-10-4-1-8(2-5-10)13-16-11-6-3-9(14(17)18)7-12(11)19-13/h1-2,4-5,9H,3,6-7H2,(H,17,18). The molecule has 0 saturated heterocycles. The molecule has 0 amide bonds. The van der Waals surface area contributed by atoms with Crippen LogP contribution in [-0.4, -0.2) is 16.1 Å². The molecule has 0 spiro atoms. The van der Waals surface area contributed by atoms with Gasteiger partial charge in [-0.1, -0.05) is 11.6 Å². The molecule has 0 aliphatic heterocycles. The minimum Gasteiger partial charge on any atom is -0.481 e. The van der Waals surface area contributed by atoms with Gasteiger partial charge >= 0.3 is 5.97 Å². The first-order valence-electron chi connectivity index (χ1n) is 6.11. The fraction of sp³-hybridized carbons (Fsp3) is 0.286. The van der Waals surface area contributed by atoms with Crippen molar-refractivity contribution in [3.05, 3.63) is 40.7 Å². The molecular weight excluding hydrogens is 266 g/mol. The van der Waals surface area contributed by atoms with Gasteiger partial charge in [-0.3, -0.25) is 4.79 Å². The molecule has 1 N–H and O–H groups in total. The SMILES string of the molecule is O=C(O)C1CCc2nc(-c3ccc(Cl)cc3)oc2C1. The Morgan fingerprint density at radius 1 is 1.37 bits per heavy atom. The van der Waals surface area contributed by atoms with Crippen molar-refractivity contribution in [2.75, 3.05) is 0 Å². The van der Waals surface area contributed by atoms with Gasteiger partial charge in [-0.2, -0.15) is 0 Å². The highest BCUT2D eigenvalue weighted by atomic mass is 35.5. The van der Waals surface area contributed by atoms with E-state index in [0.717, 1.165) is 11.3 Å². The molecule has 0 bridgehead atoms. The molecule has 19 heavy (non-hydrogen) atoms. The predicted octanol–water partition coefficient (Wildman–Crippen LogP) is 3.18. The predicted molar refractivity (Wildman–Crippen MR) is 70.1 cm³/mol. The average Bonchev–Trinajstić information content (AvgIpc) is 2.82. The Hall–Kier alpha value is -1.81. The van der Waals surface area contributed by atoms with Gasteiger partial charge in [-0.25, -0.2) is 4.98 Å². The number of aromatic nitrogens is 1. The third kappa shape index (κ3) is 2.36. The minimum absolute atomic E-state index is 0.362. The quantitative estimate of drug-likeness (QED) is 0.916. The maximum Gasteiger partial charge on any atom is 0.306 e. The molecule has 1 heterocycles. The zero-order valence-electron chi connectivity index (χ0n) is 10.1. The number of aryl methyl sites for hydroxylation is 1. The first-order chi connectivity index (χ1) is 9.13. The van der Waals surface area contributed by atoms with Crippen molar-refractivity contribution in [1.29, 1.82) is 0 Å². The molecule has 1 aromatic carbocycles. The van der Waals surface area contributed by atoms with Crippen LogP contribution in [0.2, 0.25) is 5.02 Å². The van der Waals surface area contributed by atoms with E-state index in [1.54, 1.807) is 12.1 Å². The molecule has 1 aliphatic carbocycles. The van der Waals surface area contributed by atoms with Crippen LogP contribution in [-0.2, 0) is 17.6 Å². The lowest BCUT2D eigenvalue weighted by Crippen LogP contribution is -2.21. The number of benzene rings is 1. The zero-order valence-corrected chi connectivity index (χ0v) is 10.9.